The van der Waals surface area contributed by atoms with Crippen molar-refractivity contribution < 1.29 is 4.79 Å². The van der Waals surface area contributed by atoms with Gasteiger partial charge in [0, 0.05) is 24.2 Å². The number of hydrogen-bond acceptors (Lipinski definition) is 4. The Morgan fingerprint density at radius 3 is 2.67 bits per heavy atom. The summed E-state index contributed by atoms with van der Waals surface area (Å²) in [5.41, 5.74) is 4.03. The Morgan fingerprint density at radius 1 is 1.15 bits per heavy atom. The molecule has 2 aromatic heterocycles. The molecule has 27 heavy (non-hydrogen) atoms. The number of piperidine rings is 1. The first-order valence-corrected chi connectivity index (χ1v) is 9.44. The maximum Gasteiger partial charge on any atom is 0.256 e. The molecule has 3 aromatic rings. The van der Waals surface area contributed by atoms with Crippen molar-refractivity contribution in [3.05, 3.63) is 59.0 Å². The Balaban J connectivity index is 1.66. The van der Waals surface area contributed by atoms with Gasteiger partial charge in [0.2, 0.25) is 0 Å². The van der Waals surface area contributed by atoms with Crippen molar-refractivity contribution in [2.45, 2.75) is 32.6 Å². The topological polar surface area (TPSA) is 62.5 Å². The van der Waals surface area contributed by atoms with Crippen LogP contribution in [0.25, 0.3) is 5.65 Å². The predicted molar refractivity (Wildman–Crippen MR) is 106 cm³/mol. The molecule has 6 heteroatoms. The molecular weight excluding hydrogens is 338 g/mol. The lowest BCUT2D eigenvalue weighted by molar-refractivity contribution is 0.102. The summed E-state index contributed by atoms with van der Waals surface area (Å²) < 4.78 is 2.02. The standard InChI is InChI=1S/C21H25N5O/c1-14-7-4-8-15(2)18(14)21(27)22-17-10-6-12-26-19(23-24-20(17)26)16-9-5-11-25(3)13-16/h4,6-8,10,12,16H,5,9,11,13H2,1-3H3,(H,22,27). The van der Waals surface area contributed by atoms with E-state index in [1.807, 2.05) is 54.8 Å². The number of aromatic nitrogens is 3. The van der Waals surface area contributed by atoms with E-state index in [0.29, 0.717) is 22.8 Å². The third kappa shape index (κ3) is 3.32. The van der Waals surface area contributed by atoms with Crippen LogP contribution in [0.5, 0.6) is 0 Å². The van der Waals surface area contributed by atoms with E-state index in [2.05, 4.69) is 27.5 Å². The number of benzene rings is 1. The molecule has 0 aliphatic carbocycles. The van der Waals surface area contributed by atoms with E-state index in [1.165, 1.54) is 6.42 Å². The van der Waals surface area contributed by atoms with Crippen LogP contribution in [-0.2, 0) is 0 Å². The van der Waals surface area contributed by atoms with Crippen molar-refractivity contribution in [2.75, 3.05) is 25.5 Å². The van der Waals surface area contributed by atoms with E-state index in [4.69, 9.17) is 0 Å². The molecule has 1 saturated heterocycles. The number of hydrogen-bond donors (Lipinski definition) is 1. The molecule has 6 nitrogen and oxygen atoms in total. The van der Waals surface area contributed by atoms with Gasteiger partial charge in [0.1, 0.15) is 5.82 Å². The Kier molecular flexibility index (Phi) is 4.66. The summed E-state index contributed by atoms with van der Waals surface area (Å²) in [6.45, 7) is 6.03. The summed E-state index contributed by atoms with van der Waals surface area (Å²) in [6, 6.07) is 9.70. The Morgan fingerprint density at radius 2 is 1.93 bits per heavy atom. The molecule has 1 fully saturated rings. The lowest BCUT2D eigenvalue weighted by atomic mass is 9.98. The number of anilines is 1. The number of carbonyl (C=O) groups excluding carboxylic acids is 1. The van der Waals surface area contributed by atoms with Crippen LogP contribution in [0, 0.1) is 13.8 Å². The number of rotatable bonds is 3. The number of carbonyl (C=O) groups is 1. The monoisotopic (exact) mass is 363 g/mol. The third-order valence-corrected chi connectivity index (χ3v) is 5.41. The summed E-state index contributed by atoms with van der Waals surface area (Å²) in [7, 11) is 2.14. The van der Waals surface area contributed by atoms with Crippen LogP contribution in [0.15, 0.2) is 36.5 Å². The van der Waals surface area contributed by atoms with Crippen molar-refractivity contribution in [2.24, 2.45) is 0 Å². The van der Waals surface area contributed by atoms with Crippen LogP contribution in [0.1, 0.15) is 46.1 Å². The maximum atomic E-state index is 12.9. The molecule has 1 N–H and O–H groups in total. The van der Waals surface area contributed by atoms with Gasteiger partial charge in [-0.3, -0.25) is 9.20 Å². The number of amides is 1. The summed E-state index contributed by atoms with van der Waals surface area (Å²) in [5, 5.41) is 11.9. The lowest BCUT2D eigenvalue weighted by Gasteiger charge is -2.28. The molecule has 1 aromatic carbocycles. The van der Waals surface area contributed by atoms with Crippen LogP contribution in [-0.4, -0.2) is 45.5 Å². The first-order chi connectivity index (χ1) is 13.0. The Bertz CT molecular complexity index is 973. The van der Waals surface area contributed by atoms with Crippen LogP contribution < -0.4 is 5.32 Å². The second kappa shape index (κ2) is 7.12. The van der Waals surface area contributed by atoms with E-state index >= 15 is 0 Å². The highest BCUT2D eigenvalue weighted by Crippen LogP contribution is 2.27. The highest BCUT2D eigenvalue weighted by Gasteiger charge is 2.24. The molecule has 1 aliphatic heterocycles. The van der Waals surface area contributed by atoms with Gasteiger partial charge in [0.25, 0.3) is 5.91 Å². The van der Waals surface area contributed by atoms with E-state index in [9.17, 15) is 4.79 Å². The Hall–Kier alpha value is -2.73. The molecule has 1 atom stereocenters. The molecule has 4 rings (SSSR count). The number of likely N-dealkylation sites (tertiary alicyclic amines) is 1. The zero-order chi connectivity index (χ0) is 19.0. The fraction of sp³-hybridized carbons (Fsp3) is 0.381. The molecule has 0 spiro atoms. The van der Waals surface area contributed by atoms with E-state index in [1.54, 1.807) is 0 Å². The number of nitrogens with zero attached hydrogens (tertiary/aromatic N) is 4. The smallest absolute Gasteiger partial charge is 0.256 e. The minimum absolute atomic E-state index is 0.111. The van der Waals surface area contributed by atoms with E-state index in [0.717, 1.165) is 36.5 Å². The third-order valence-electron chi connectivity index (χ3n) is 5.41. The van der Waals surface area contributed by atoms with Crippen molar-refractivity contribution in [1.82, 2.24) is 19.5 Å². The summed E-state index contributed by atoms with van der Waals surface area (Å²) >= 11 is 0. The molecule has 1 amide bonds. The van der Waals surface area contributed by atoms with Crippen LogP contribution in [0.2, 0.25) is 0 Å². The normalized spacial score (nSPS) is 18.0. The number of pyridine rings is 1. The zero-order valence-corrected chi connectivity index (χ0v) is 16.1. The highest BCUT2D eigenvalue weighted by molar-refractivity contribution is 6.07. The number of aryl methyl sites for hydroxylation is 2. The van der Waals surface area contributed by atoms with E-state index < -0.39 is 0 Å². The first kappa shape index (κ1) is 17.7. The fourth-order valence-corrected chi connectivity index (χ4v) is 4.04. The van der Waals surface area contributed by atoms with E-state index in [-0.39, 0.29) is 5.91 Å². The van der Waals surface area contributed by atoms with Gasteiger partial charge in [-0.05, 0) is 63.5 Å². The van der Waals surface area contributed by atoms with Gasteiger partial charge in [-0.2, -0.15) is 0 Å². The van der Waals surface area contributed by atoms with Crippen LogP contribution >= 0.6 is 0 Å². The van der Waals surface area contributed by atoms with Gasteiger partial charge >= 0.3 is 0 Å². The van der Waals surface area contributed by atoms with Gasteiger partial charge in [0.05, 0.1) is 5.69 Å². The molecule has 0 saturated carbocycles. The molecule has 3 heterocycles. The highest BCUT2D eigenvalue weighted by atomic mass is 16.1. The second-order valence-corrected chi connectivity index (χ2v) is 7.50. The van der Waals surface area contributed by atoms with Crippen molar-refractivity contribution in [3.8, 4) is 0 Å². The minimum atomic E-state index is -0.111. The largest absolute Gasteiger partial charge is 0.319 e. The lowest BCUT2D eigenvalue weighted by Crippen LogP contribution is -2.31. The molecule has 0 radical (unpaired) electrons. The molecule has 140 valence electrons. The maximum absolute atomic E-state index is 12.9. The van der Waals surface area contributed by atoms with Gasteiger partial charge < -0.3 is 10.2 Å². The number of fused-ring (bicyclic) bond motifs is 1. The SMILES string of the molecule is Cc1cccc(C)c1C(=O)Nc1cccn2c(C3CCCN(C)C3)nnc12. The second-order valence-electron chi connectivity index (χ2n) is 7.50. The van der Waals surface area contributed by atoms with Gasteiger partial charge in [-0.15, -0.1) is 10.2 Å². The molecular formula is C21H25N5O. The van der Waals surface area contributed by atoms with Crippen molar-refractivity contribution >= 4 is 17.2 Å². The average Bonchev–Trinajstić information content (AvgIpc) is 3.07. The predicted octanol–water partition coefficient (Wildman–Crippen LogP) is 3.41. The minimum Gasteiger partial charge on any atom is -0.319 e. The van der Waals surface area contributed by atoms with Crippen LogP contribution in [0.3, 0.4) is 0 Å². The molecule has 1 unspecified atom stereocenters. The van der Waals surface area contributed by atoms with Gasteiger partial charge in [-0.1, -0.05) is 18.2 Å². The summed E-state index contributed by atoms with van der Waals surface area (Å²) in [6.07, 6.45) is 4.26. The van der Waals surface area contributed by atoms with Gasteiger partial charge in [-0.25, -0.2) is 0 Å². The van der Waals surface area contributed by atoms with Crippen molar-refractivity contribution in [3.63, 3.8) is 0 Å². The summed E-state index contributed by atoms with van der Waals surface area (Å²) in [5.74, 6) is 1.23. The summed E-state index contributed by atoms with van der Waals surface area (Å²) in [4.78, 5) is 15.2. The number of likely N-dealkylation sites (N-methyl/N-ethyl adjacent to an activating group) is 1. The molecule has 1 aliphatic rings. The average molecular weight is 363 g/mol. The zero-order valence-electron chi connectivity index (χ0n) is 16.1. The quantitative estimate of drug-likeness (QED) is 0.775. The molecule has 0 bridgehead atoms. The number of nitrogens with one attached hydrogen (secondary N) is 1. The Labute approximate surface area is 159 Å². The fourth-order valence-electron chi connectivity index (χ4n) is 4.04. The van der Waals surface area contributed by atoms with Crippen molar-refractivity contribution in [1.29, 1.82) is 0 Å². The van der Waals surface area contributed by atoms with Gasteiger partial charge in [0.15, 0.2) is 5.65 Å². The first-order valence-electron chi connectivity index (χ1n) is 9.44. The van der Waals surface area contributed by atoms with Crippen LogP contribution in [0.4, 0.5) is 5.69 Å².